The Hall–Kier alpha value is -1.02. The molecule has 0 radical (unpaired) electrons. The Balaban J connectivity index is 1.41. The molecule has 2 fully saturated rings. The van der Waals surface area contributed by atoms with Gasteiger partial charge in [0.2, 0.25) is 0 Å². The maximum atomic E-state index is 6.07. The fourth-order valence-electron chi connectivity index (χ4n) is 4.50. The second-order valence-corrected chi connectivity index (χ2v) is 6.75. The lowest BCUT2D eigenvalue weighted by Crippen LogP contribution is -2.18. The molecule has 19 heavy (non-hydrogen) atoms. The van der Waals surface area contributed by atoms with Crippen LogP contribution in [0.4, 0.5) is 0 Å². The largest absolute Gasteiger partial charge is 0.493 e. The molecular formula is C17H23NO. The maximum Gasteiger partial charge on any atom is 0.119 e. The molecule has 2 nitrogen and oxygen atoms in total. The molecular weight excluding hydrogens is 234 g/mol. The van der Waals surface area contributed by atoms with Gasteiger partial charge in [0, 0.05) is 6.04 Å². The van der Waals surface area contributed by atoms with Gasteiger partial charge in [0.05, 0.1) is 6.61 Å². The molecule has 4 unspecified atom stereocenters. The minimum absolute atomic E-state index is 0.245. The predicted molar refractivity (Wildman–Crippen MR) is 76.1 cm³/mol. The first-order chi connectivity index (χ1) is 9.29. The Kier molecular flexibility index (Phi) is 2.80. The molecule has 3 aliphatic rings. The van der Waals surface area contributed by atoms with Gasteiger partial charge in [-0.05, 0) is 73.1 Å². The van der Waals surface area contributed by atoms with E-state index in [1.54, 1.807) is 0 Å². The summed E-state index contributed by atoms with van der Waals surface area (Å²) in [5.74, 6) is 3.83. The second-order valence-electron chi connectivity index (χ2n) is 6.75. The normalized spacial score (nSPS) is 35.6. The molecule has 2 heteroatoms. The monoisotopic (exact) mass is 257 g/mol. The third-order valence-electron chi connectivity index (χ3n) is 5.59. The van der Waals surface area contributed by atoms with Crippen molar-refractivity contribution in [1.82, 2.24) is 0 Å². The second kappa shape index (κ2) is 4.52. The van der Waals surface area contributed by atoms with Gasteiger partial charge in [-0.2, -0.15) is 0 Å². The van der Waals surface area contributed by atoms with Crippen LogP contribution in [-0.4, -0.2) is 6.61 Å². The van der Waals surface area contributed by atoms with Gasteiger partial charge in [-0.3, -0.25) is 0 Å². The van der Waals surface area contributed by atoms with E-state index in [0.29, 0.717) is 0 Å². The van der Waals surface area contributed by atoms with Crippen LogP contribution in [0.3, 0.4) is 0 Å². The van der Waals surface area contributed by atoms with E-state index in [-0.39, 0.29) is 6.04 Å². The van der Waals surface area contributed by atoms with Gasteiger partial charge in [0.1, 0.15) is 5.75 Å². The quantitative estimate of drug-likeness (QED) is 0.900. The van der Waals surface area contributed by atoms with Crippen molar-refractivity contribution < 1.29 is 4.74 Å². The summed E-state index contributed by atoms with van der Waals surface area (Å²) in [4.78, 5) is 0. The SMILES string of the molecule is NC1CCc2cc(OCC3CC4CCC3C4)ccc21. The maximum absolute atomic E-state index is 6.07. The zero-order valence-corrected chi connectivity index (χ0v) is 11.5. The van der Waals surface area contributed by atoms with Crippen molar-refractivity contribution in [2.75, 3.05) is 6.61 Å². The number of aryl methyl sites for hydroxylation is 1. The lowest BCUT2D eigenvalue weighted by atomic mass is 9.89. The summed E-state index contributed by atoms with van der Waals surface area (Å²) < 4.78 is 6.06. The van der Waals surface area contributed by atoms with Crippen LogP contribution < -0.4 is 10.5 Å². The highest BCUT2D eigenvalue weighted by Gasteiger charge is 2.39. The highest BCUT2D eigenvalue weighted by Crippen LogP contribution is 2.48. The molecule has 4 atom stereocenters. The van der Waals surface area contributed by atoms with Gasteiger partial charge in [0.25, 0.3) is 0 Å². The molecule has 102 valence electrons. The smallest absolute Gasteiger partial charge is 0.119 e. The van der Waals surface area contributed by atoms with E-state index in [1.165, 1.54) is 36.8 Å². The Morgan fingerprint density at radius 3 is 2.89 bits per heavy atom. The third kappa shape index (κ3) is 2.06. The summed E-state index contributed by atoms with van der Waals surface area (Å²) in [7, 11) is 0. The Morgan fingerprint density at radius 2 is 2.11 bits per heavy atom. The fraction of sp³-hybridized carbons (Fsp3) is 0.647. The summed E-state index contributed by atoms with van der Waals surface area (Å²) in [5, 5.41) is 0. The van der Waals surface area contributed by atoms with Gasteiger partial charge < -0.3 is 10.5 Å². The Morgan fingerprint density at radius 1 is 1.16 bits per heavy atom. The van der Waals surface area contributed by atoms with Crippen molar-refractivity contribution in [3.05, 3.63) is 29.3 Å². The minimum atomic E-state index is 0.245. The van der Waals surface area contributed by atoms with E-state index in [4.69, 9.17) is 10.5 Å². The first-order valence-corrected chi connectivity index (χ1v) is 7.81. The number of hydrogen-bond acceptors (Lipinski definition) is 2. The Bertz CT molecular complexity index is 484. The van der Waals surface area contributed by atoms with E-state index in [2.05, 4.69) is 18.2 Å². The van der Waals surface area contributed by atoms with Crippen LogP contribution in [0.2, 0.25) is 0 Å². The molecule has 0 aliphatic heterocycles. The molecule has 0 amide bonds. The van der Waals surface area contributed by atoms with Gasteiger partial charge in [-0.15, -0.1) is 0 Å². The van der Waals surface area contributed by atoms with Gasteiger partial charge in [0.15, 0.2) is 0 Å². The van der Waals surface area contributed by atoms with Gasteiger partial charge >= 0.3 is 0 Å². The van der Waals surface area contributed by atoms with Crippen LogP contribution in [0.5, 0.6) is 5.75 Å². The molecule has 0 heterocycles. The lowest BCUT2D eigenvalue weighted by Gasteiger charge is -2.22. The minimum Gasteiger partial charge on any atom is -0.493 e. The zero-order chi connectivity index (χ0) is 12.8. The van der Waals surface area contributed by atoms with Crippen LogP contribution in [0.1, 0.15) is 49.3 Å². The standard InChI is InChI=1S/C17H23NO/c18-17-6-3-13-9-15(4-5-16(13)17)19-10-14-8-11-1-2-12(14)7-11/h4-5,9,11-12,14,17H,1-3,6-8,10,18H2. The van der Waals surface area contributed by atoms with Crippen molar-refractivity contribution in [2.45, 2.75) is 44.6 Å². The van der Waals surface area contributed by atoms with Gasteiger partial charge in [-0.25, -0.2) is 0 Å². The van der Waals surface area contributed by atoms with Crippen molar-refractivity contribution >= 4 is 0 Å². The van der Waals surface area contributed by atoms with E-state index in [9.17, 15) is 0 Å². The molecule has 0 spiro atoms. The molecule has 2 N–H and O–H groups in total. The Labute approximate surface area is 115 Å². The average molecular weight is 257 g/mol. The van der Waals surface area contributed by atoms with Crippen LogP contribution in [-0.2, 0) is 6.42 Å². The molecule has 1 aromatic carbocycles. The van der Waals surface area contributed by atoms with Crippen LogP contribution in [0.15, 0.2) is 18.2 Å². The van der Waals surface area contributed by atoms with Gasteiger partial charge in [-0.1, -0.05) is 12.5 Å². The first-order valence-electron chi connectivity index (χ1n) is 7.81. The number of fused-ring (bicyclic) bond motifs is 3. The number of hydrogen-bond donors (Lipinski definition) is 1. The fourth-order valence-corrected chi connectivity index (χ4v) is 4.50. The number of benzene rings is 1. The van der Waals surface area contributed by atoms with Crippen molar-refractivity contribution in [3.8, 4) is 5.75 Å². The molecule has 3 aliphatic carbocycles. The molecule has 1 aromatic rings. The molecule has 2 bridgehead atoms. The number of rotatable bonds is 3. The lowest BCUT2D eigenvalue weighted by molar-refractivity contribution is 0.195. The van der Waals surface area contributed by atoms with Crippen LogP contribution in [0, 0.1) is 17.8 Å². The summed E-state index contributed by atoms with van der Waals surface area (Å²) in [5.41, 5.74) is 8.80. The third-order valence-corrected chi connectivity index (χ3v) is 5.59. The van der Waals surface area contributed by atoms with Crippen LogP contribution in [0.25, 0.3) is 0 Å². The average Bonchev–Trinajstić information content (AvgIpc) is 3.12. The first kappa shape index (κ1) is 11.8. The molecule has 4 rings (SSSR count). The molecule has 0 saturated heterocycles. The number of ether oxygens (including phenoxy) is 1. The number of nitrogens with two attached hydrogens (primary N) is 1. The summed E-state index contributed by atoms with van der Waals surface area (Å²) in [6, 6.07) is 6.74. The topological polar surface area (TPSA) is 35.2 Å². The highest BCUT2D eigenvalue weighted by molar-refractivity contribution is 5.40. The van der Waals surface area contributed by atoms with Crippen LogP contribution >= 0.6 is 0 Å². The summed E-state index contributed by atoms with van der Waals surface area (Å²) in [6.07, 6.45) is 7.98. The van der Waals surface area contributed by atoms with E-state index >= 15 is 0 Å². The van der Waals surface area contributed by atoms with E-state index < -0.39 is 0 Å². The molecule has 2 saturated carbocycles. The van der Waals surface area contributed by atoms with Crippen molar-refractivity contribution in [3.63, 3.8) is 0 Å². The van der Waals surface area contributed by atoms with E-state index in [1.807, 2.05) is 0 Å². The predicted octanol–water partition coefficient (Wildman–Crippen LogP) is 3.45. The van der Waals surface area contributed by atoms with E-state index in [0.717, 1.165) is 43.0 Å². The summed E-state index contributed by atoms with van der Waals surface area (Å²) >= 11 is 0. The van der Waals surface area contributed by atoms with Crippen molar-refractivity contribution in [1.29, 1.82) is 0 Å². The highest BCUT2D eigenvalue weighted by atomic mass is 16.5. The summed E-state index contributed by atoms with van der Waals surface area (Å²) in [6.45, 7) is 0.923. The zero-order valence-electron chi connectivity index (χ0n) is 11.5. The van der Waals surface area contributed by atoms with Crippen molar-refractivity contribution in [2.24, 2.45) is 23.5 Å². The molecule has 0 aromatic heterocycles.